The minimum Gasteiger partial charge on any atom is -0.449 e. The number of hydrogen-bond acceptors (Lipinski definition) is 3. The summed E-state index contributed by atoms with van der Waals surface area (Å²) in [6.45, 7) is 2.72. The average molecular weight is 166 g/mol. The molecule has 0 aliphatic heterocycles. The van der Waals surface area contributed by atoms with E-state index in [1.165, 1.54) is 19.3 Å². The van der Waals surface area contributed by atoms with Gasteiger partial charge in [-0.25, -0.2) is 4.98 Å². The van der Waals surface area contributed by atoms with Crippen LogP contribution in [0.25, 0.3) is 0 Å². The first kappa shape index (κ1) is 7.80. The highest BCUT2D eigenvalue weighted by Gasteiger charge is 2.16. The lowest BCUT2D eigenvalue weighted by atomic mass is 9.93. The van der Waals surface area contributed by atoms with E-state index in [0.29, 0.717) is 0 Å². The summed E-state index contributed by atoms with van der Waals surface area (Å²) in [6.07, 6.45) is 5.73. The first-order valence-corrected chi connectivity index (χ1v) is 4.49. The molecule has 1 fully saturated rings. The molecule has 1 aliphatic rings. The number of aryl methyl sites for hydroxylation is 1. The Morgan fingerprint density at radius 2 is 2.50 bits per heavy atom. The Labute approximate surface area is 72.2 Å². The number of nitrogens with zero attached hydrogens (tertiary/aromatic N) is 1. The molecule has 0 bridgehead atoms. The van der Waals surface area contributed by atoms with Gasteiger partial charge in [0.15, 0.2) is 5.89 Å². The fraction of sp³-hybridized carbons (Fsp3) is 0.667. The predicted molar refractivity (Wildman–Crippen MR) is 45.7 cm³/mol. The van der Waals surface area contributed by atoms with E-state index >= 15 is 0 Å². The van der Waals surface area contributed by atoms with Gasteiger partial charge in [-0.05, 0) is 12.8 Å². The number of rotatable bonds is 3. The van der Waals surface area contributed by atoms with Crippen molar-refractivity contribution in [3.63, 3.8) is 0 Å². The fourth-order valence-corrected chi connectivity index (χ4v) is 1.35. The summed E-state index contributed by atoms with van der Waals surface area (Å²) in [6, 6.07) is 0.724. The molecule has 1 aromatic heterocycles. The molecule has 12 heavy (non-hydrogen) atoms. The lowest BCUT2D eigenvalue weighted by Crippen LogP contribution is -2.34. The molecule has 0 aromatic carbocycles. The van der Waals surface area contributed by atoms with Crippen molar-refractivity contribution in [1.29, 1.82) is 0 Å². The van der Waals surface area contributed by atoms with Crippen LogP contribution < -0.4 is 5.32 Å². The zero-order chi connectivity index (χ0) is 8.39. The van der Waals surface area contributed by atoms with Crippen LogP contribution in [0.4, 0.5) is 0 Å². The summed E-state index contributed by atoms with van der Waals surface area (Å²) in [4.78, 5) is 4.21. The van der Waals surface area contributed by atoms with Crippen LogP contribution in [0.1, 0.15) is 30.8 Å². The van der Waals surface area contributed by atoms with E-state index in [4.69, 9.17) is 4.42 Å². The zero-order valence-electron chi connectivity index (χ0n) is 7.34. The molecule has 0 saturated heterocycles. The maximum Gasteiger partial charge on any atom is 0.191 e. The minimum absolute atomic E-state index is 0.724. The molecule has 3 nitrogen and oxygen atoms in total. The second-order valence-corrected chi connectivity index (χ2v) is 3.37. The highest BCUT2D eigenvalue weighted by molar-refractivity contribution is 4.95. The first-order chi connectivity index (χ1) is 5.84. The van der Waals surface area contributed by atoms with Gasteiger partial charge in [-0.2, -0.15) is 0 Å². The predicted octanol–water partition coefficient (Wildman–Crippen LogP) is 1.63. The van der Waals surface area contributed by atoms with Crippen molar-refractivity contribution in [3.8, 4) is 0 Å². The molecule has 3 heteroatoms. The third-order valence-corrected chi connectivity index (χ3v) is 2.34. The molecule has 0 spiro atoms. The summed E-state index contributed by atoms with van der Waals surface area (Å²) in [5.41, 5.74) is 1.01. The smallest absolute Gasteiger partial charge is 0.191 e. The van der Waals surface area contributed by atoms with E-state index < -0.39 is 0 Å². The molecule has 1 aromatic rings. The average Bonchev–Trinajstić information content (AvgIpc) is 2.32. The molecule has 0 radical (unpaired) electrons. The van der Waals surface area contributed by atoms with Crippen LogP contribution in [-0.2, 0) is 6.54 Å². The van der Waals surface area contributed by atoms with Gasteiger partial charge in [-0.15, -0.1) is 0 Å². The highest BCUT2D eigenvalue weighted by atomic mass is 16.3. The molecule has 0 amide bonds. The van der Waals surface area contributed by atoms with Crippen molar-refractivity contribution < 1.29 is 4.42 Å². The zero-order valence-corrected chi connectivity index (χ0v) is 7.34. The first-order valence-electron chi connectivity index (χ1n) is 4.49. The van der Waals surface area contributed by atoms with Crippen LogP contribution in [0, 0.1) is 6.92 Å². The normalized spacial score (nSPS) is 17.8. The van der Waals surface area contributed by atoms with Gasteiger partial charge in [0, 0.05) is 19.5 Å². The molecule has 1 heterocycles. The molecule has 1 N–H and O–H groups in total. The third-order valence-electron chi connectivity index (χ3n) is 2.34. The highest BCUT2D eigenvalue weighted by Crippen LogP contribution is 2.18. The van der Waals surface area contributed by atoms with Gasteiger partial charge < -0.3 is 9.73 Å². The fourth-order valence-electron chi connectivity index (χ4n) is 1.35. The van der Waals surface area contributed by atoms with E-state index in [-0.39, 0.29) is 0 Å². The Balaban J connectivity index is 1.79. The van der Waals surface area contributed by atoms with E-state index in [2.05, 4.69) is 10.3 Å². The van der Waals surface area contributed by atoms with Gasteiger partial charge in [-0.1, -0.05) is 6.42 Å². The Morgan fingerprint density at radius 1 is 1.67 bits per heavy atom. The van der Waals surface area contributed by atoms with E-state index in [1.54, 1.807) is 6.26 Å². The topological polar surface area (TPSA) is 38.1 Å². The van der Waals surface area contributed by atoms with Gasteiger partial charge in [0.2, 0.25) is 0 Å². The van der Waals surface area contributed by atoms with Gasteiger partial charge in [0.05, 0.1) is 5.69 Å². The van der Waals surface area contributed by atoms with Crippen LogP contribution in [0.15, 0.2) is 10.7 Å². The van der Waals surface area contributed by atoms with Gasteiger partial charge in [0.1, 0.15) is 6.26 Å². The largest absolute Gasteiger partial charge is 0.449 e. The van der Waals surface area contributed by atoms with E-state index in [9.17, 15) is 0 Å². The molecule has 2 rings (SSSR count). The van der Waals surface area contributed by atoms with Crippen LogP contribution in [0.2, 0.25) is 0 Å². The maximum absolute atomic E-state index is 5.10. The van der Waals surface area contributed by atoms with Crippen molar-refractivity contribution in [2.24, 2.45) is 0 Å². The van der Waals surface area contributed by atoms with Gasteiger partial charge >= 0.3 is 0 Å². The van der Waals surface area contributed by atoms with Gasteiger partial charge in [-0.3, -0.25) is 0 Å². The Morgan fingerprint density at radius 3 is 3.00 bits per heavy atom. The number of oxazole rings is 1. The van der Waals surface area contributed by atoms with Crippen LogP contribution >= 0.6 is 0 Å². The summed E-state index contributed by atoms with van der Waals surface area (Å²) in [5.74, 6) is 0.750. The summed E-state index contributed by atoms with van der Waals surface area (Å²) in [5, 5.41) is 3.43. The van der Waals surface area contributed by atoms with Crippen LogP contribution in [-0.4, -0.2) is 11.0 Å². The summed E-state index contributed by atoms with van der Waals surface area (Å²) >= 11 is 0. The second kappa shape index (κ2) is 3.27. The monoisotopic (exact) mass is 166 g/mol. The van der Waals surface area contributed by atoms with Crippen molar-refractivity contribution >= 4 is 0 Å². The Kier molecular flexibility index (Phi) is 2.13. The standard InChI is InChI=1S/C9H14N2O/c1-7-11-9(6-12-7)5-10-8-3-2-4-8/h6,8,10H,2-5H2,1H3. The maximum atomic E-state index is 5.10. The number of aromatic nitrogens is 1. The second-order valence-electron chi connectivity index (χ2n) is 3.37. The molecule has 0 atom stereocenters. The SMILES string of the molecule is Cc1nc(CNC2CCC2)co1. The van der Waals surface area contributed by atoms with Crippen molar-refractivity contribution in [2.75, 3.05) is 0 Å². The van der Waals surface area contributed by atoms with Crippen molar-refractivity contribution in [2.45, 2.75) is 38.8 Å². The molecule has 1 aliphatic carbocycles. The Bertz CT molecular complexity index is 253. The summed E-state index contributed by atoms with van der Waals surface area (Å²) in [7, 11) is 0. The quantitative estimate of drug-likeness (QED) is 0.741. The lowest BCUT2D eigenvalue weighted by Gasteiger charge is -2.25. The Hall–Kier alpha value is -0.830. The van der Waals surface area contributed by atoms with Crippen LogP contribution in [0.3, 0.4) is 0 Å². The molecular formula is C9H14N2O. The molecule has 1 saturated carbocycles. The third kappa shape index (κ3) is 1.67. The number of nitrogens with one attached hydrogen (secondary N) is 1. The minimum atomic E-state index is 0.724. The molecule has 66 valence electrons. The van der Waals surface area contributed by atoms with E-state index in [0.717, 1.165) is 24.2 Å². The van der Waals surface area contributed by atoms with Crippen molar-refractivity contribution in [1.82, 2.24) is 10.3 Å². The van der Waals surface area contributed by atoms with E-state index in [1.807, 2.05) is 6.92 Å². The summed E-state index contributed by atoms with van der Waals surface area (Å²) < 4.78 is 5.10. The van der Waals surface area contributed by atoms with Gasteiger partial charge in [0.25, 0.3) is 0 Å². The lowest BCUT2D eigenvalue weighted by molar-refractivity contribution is 0.337. The molecular weight excluding hydrogens is 152 g/mol. The van der Waals surface area contributed by atoms with Crippen molar-refractivity contribution in [3.05, 3.63) is 17.8 Å². The number of hydrogen-bond donors (Lipinski definition) is 1. The molecule has 0 unspecified atom stereocenters. The van der Waals surface area contributed by atoms with Crippen LogP contribution in [0.5, 0.6) is 0 Å².